The van der Waals surface area contributed by atoms with Crippen molar-refractivity contribution in [3.05, 3.63) is 93.3 Å². The van der Waals surface area contributed by atoms with E-state index in [1.54, 1.807) is 37.6 Å². The zero-order valence-corrected chi connectivity index (χ0v) is 16.8. The number of benzene rings is 2. The molecular formula is C23H16N2O4S. The number of methoxy groups -OCH3 is 1. The molecule has 30 heavy (non-hydrogen) atoms. The molecule has 3 heterocycles. The van der Waals surface area contributed by atoms with Crippen LogP contribution >= 0.6 is 11.3 Å². The maximum Gasteiger partial charge on any atom is 0.266 e. The summed E-state index contributed by atoms with van der Waals surface area (Å²) in [6, 6.07) is 18.1. The Balaban J connectivity index is 1.85. The van der Waals surface area contributed by atoms with Gasteiger partial charge in [-0.3, -0.25) is 14.2 Å². The van der Waals surface area contributed by atoms with Crippen LogP contribution in [0.25, 0.3) is 31.7 Å². The smallest absolute Gasteiger partial charge is 0.266 e. The van der Waals surface area contributed by atoms with Crippen LogP contribution in [0, 0.1) is 0 Å². The quantitative estimate of drug-likeness (QED) is 0.409. The van der Waals surface area contributed by atoms with Crippen molar-refractivity contribution in [2.24, 2.45) is 0 Å². The van der Waals surface area contributed by atoms with Gasteiger partial charge in [0.25, 0.3) is 5.56 Å². The van der Waals surface area contributed by atoms with Gasteiger partial charge < -0.3 is 9.15 Å². The van der Waals surface area contributed by atoms with E-state index < -0.39 is 0 Å². The molecule has 0 unspecified atom stereocenters. The molecule has 5 aromatic rings. The molecule has 5 rings (SSSR count). The van der Waals surface area contributed by atoms with Crippen molar-refractivity contribution in [1.82, 2.24) is 9.55 Å². The van der Waals surface area contributed by atoms with Crippen LogP contribution in [0.4, 0.5) is 0 Å². The SMILES string of the molecule is COc1ccc(-c2nc3sc4ccccc4c(=O)c3c(=O)n2Cc2ccco2)cc1. The first-order chi connectivity index (χ1) is 14.7. The number of ether oxygens (including phenoxy) is 1. The minimum absolute atomic E-state index is 0.0996. The average molecular weight is 416 g/mol. The summed E-state index contributed by atoms with van der Waals surface area (Å²) in [7, 11) is 1.60. The summed E-state index contributed by atoms with van der Waals surface area (Å²) in [4.78, 5) is 31.8. The van der Waals surface area contributed by atoms with Crippen molar-refractivity contribution < 1.29 is 9.15 Å². The number of nitrogens with zero attached hydrogens (tertiary/aromatic N) is 2. The van der Waals surface area contributed by atoms with Crippen molar-refractivity contribution in [1.29, 1.82) is 0 Å². The minimum atomic E-state index is -0.380. The van der Waals surface area contributed by atoms with E-state index in [1.165, 1.54) is 15.9 Å². The maximum atomic E-state index is 13.5. The number of furan rings is 1. The molecule has 0 N–H and O–H groups in total. The predicted molar refractivity (Wildman–Crippen MR) is 117 cm³/mol. The third-order valence-electron chi connectivity index (χ3n) is 4.94. The minimum Gasteiger partial charge on any atom is -0.497 e. The molecule has 148 valence electrons. The summed E-state index contributed by atoms with van der Waals surface area (Å²) in [5.74, 6) is 1.78. The van der Waals surface area contributed by atoms with Crippen LogP contribution in [0.15, 0.2) is 80.9 Å². The highest BCUT2D eigenvalue weighted by Gasteiger charge is 2.18. The molecule has 0 bridgehead atoms. The molecule has 0 fully saturated rings. The highest BCUT2D eigenvalue weighted by atomic mass is 32.1. The van der Waals surface area contributed by atoms with E-state index in [2.05, 4.69) is 0 Å². The molecular weight excluding hydrogens is 400 g/mol. The largest absolute Gasteiger partial charge is 0.497 e. The Morgan fingerprint density at radius 3 is 2.57 bits per heavy atom. The highest BCUT2D eigenvalue weighted by Crippen LogP contribution is 2.26. The fraction of sp³-hybridized carbons (Fsp3) is 0.0870. The number of fused-ring (bicyclic) bond motifs is 2. The van der Waals surface area contributed by atoms with Gasteiger partial charge in [-0.15, -0.1) is 11.3 Å². The van der Waals surface area contributed by atoms with Gasteiger partial charge in [0.05, 0.1) is 19.9 Å². The zero-order chi connectivity index (χ0) is 20.7. The van der Waals surface area contributed by atoms with Gasteiger partial charge in [-0.1, -0.05) is 12.1 Å². The fourth-order valence-electron chi connectivity index (χ4n) is 3.45. The standard InChI is InChI=1S/C23H16N2O4S/c1-28-15-10-8-14(9-11-15)21-24-22-19(20(26)17-6-2-3-7-18(17)30-22)23(27)25(21)13-16-5-4-12-29-16/h2-12H,13H2,1H3. The van der Waals surface area contributed by atoms with Gasteiger partial charge >= 0.3 is 0 Å². The molecule has 0 saturated heterocycles. The van der Waals surface area contributed by atoms with E-state index in [1.807, 2.05) is 36.4 Å². The van der Waals surface area contributed by atoms with Crippen LogP contribution in [-0.2, 0) is 6.54 Å². The van der Waals surface area contributed by atoms with E-state index in [4.69, 9.17) is 14.1 Å². The lowest BCUT2D eigenvalue weighted by Crippen LogP contribution is -2.27. The van der Waals surface area contributed by atoms with Crippen LogP contribution in [-0.4, -0.2) is 16.7 Å². The van der Waals surface area contributed by atoms with Crippen LogP contribution < -0.4 is 15.7 Å². The van der Waals surface area contributed by atoms with Gasteiger partial charge in [0.1, 0.15) is 27.6 Å². The van der Waals surface area contributed by atoms with Gasteiger partial charge in [-0.2, -0.15) is 0 Å². The van der Waals surface area contributed by atoms with Gasteiger partial charge in [0.2, 0.25) is 5.43 Å². The van der Waals surface area contributed by atoms with Gasteiger partial charge in [-0.05, 0) is 48.5 Å². The number of rotatable bonds is 4. The van der Waals surface area contributed by atoms with Gasteiger partial charge in [0, 0.05) is 15.6 Å². The second-order valence-electron chi connectivity index (χ2n) is 6.74. The molecule has 7 heteroatoms. The topological polar surface area (TPSA) is 74.3 Å². The van der Waals surface area contributed by atoms with Crippen LogP contribution in [0.1, 0.15) is 5.76 Å². The first kappa shape index (κ1) is 18.3. The molecule has 0 saturated carbocycles. The van der Waals surface area contributed by atoms with Crippen LogP contribution in [0.5, 0.6) is 5.75 Å². The third-order valence-corrected chi connectivity index (χ3v) is 6.01. The van der Waals surface area contributed by atoms with E-state index in [-0.39, 0.29) is 22.9 Å². The lowest BCUT2D eigenvalue weighted by molar-refractivity contribution is 0.415. The van der Waals surface area contributed by atoms with Crippen LogP contribution in [0.3, 0.4) is 0 Å². The average Bonchev–Trinajstić information content (AvgIpc) is 3.29. The first-order valence-corrected chi connectivity index (χ1v) is 10.1. The molecule has 0 spiro atoms. The van der Waals surface area contributed by atoms with Gasteiger partial charge in [0.15, 0.2) is 0 Å². The molecule has 0 aliphatic carbocycles. The molecule has 0 aliphatic heterocycles. The molecule has 0 radical (unpaired) electrons. The van der Waals surface area contributed by atoms with E-state index in [0.29, 0.717) is 27.6 Å². The number of aromatic nitrogens is 2. The van der Waals surface area contributed by atoms with E-state index >= 15 is 0 Å². The lowest BCUT2D eigenvalue weighted by Gasteiger charge is -2.13. The second kappa shape index (κ2) is 7.27. The van der Waals surface area contributed by atoms with Crippen molar-refractivity contribution in [3.8, 4) is 17.1 Å². The lowest BCUT2D eigenvalue weighted by atomic mass is 10.2. The molecule has 0 amide bonds. The Morgan fingerprint density at radius 2 is 1.83 bits per heavy atom. The summed E-state index contributed by atoms with van der Waals surface area (Å²) < 4.78 is 13.0. The third kappa shape index (κ3) is 3.00. The van der Waals surface area contributed by atoms with Crippen molar-refractivity contribution in [2.75, 3.05) is 7.11 Å². The summed E-state index contributed by atoms with van der Waals surface area (Å²) >= 11 is 1.34. The summed E-state index contributed by atoms with van der Waals surface area (Å²) in [5, 5.41) is 0.623. The molecule has 0 atom stereocenters. The number of hydrogen-bond donors (Lipinski definition) is 0. The monoisotopic (exact) mass is 416 g/mol. The molecule has 0 aliphatic rings. The summed E-state index contributed by atoms with van der Waals surface area (Å²) in [6.07, 6.45) is 1.55. The van der Waals surface area contributed by atoms with E-state index in [9.17, 15) is 9.59 Å². The molecule has 6 nitrogen and oxygen atoms in total. The Kier molecular flexibility index (Phi) is 4.44. The Labute approximate surface area is 174 Å². The first-order valence-electron chi connectivity index (χ1n) is 9.29. The van der Waals surface area contributed by atoms with Crippen LogP contribution in [0.2, 0.25) is 0 Å². The summed E-state index contributed by atoms with van der Waals surface area (Å²) in [5.41, 5.74) is 0.0645. The van der Waals surface area contributed by atoms with E-state index in [0.717, 1.165) is 10.3 Å². The van der Waals surface area contributed by atoms with Crippen molar-refractivity contribution in [3.63, 3.8) is 0 Å². The van der Waals surface area contributed by atoms with Gasteiger partial charge in [-0.25, -0.2) is 4.98 Å². The number of hydrogen-bond acceptors (Lipinski definition) is 6. The maximum absolute atomic E-state index is 13.5. The Hall–Kier alpha value is -3.71. The summed E-state index contributed by atoms with van der Waals surface area (Å²) in [6.45, 7) is 0.174. The zero-order valence-electron chi connectivity index (χ0n) is 16.0. The predicted octanol–water partition coefficient (Wildman–Crippen LogP) is 4.29. The molecule has 3 aromatic heterocycles. The second-order valence-corrected chi connectivity index (χ2v) is 7.77. The van der Waals surface area contributed by atoms with Crippen molar-refractivity contribution in [2.45, 2.75) is 6.54 Å². The highest BCUT2D eigenvalue weighted by molar-refractivity contribution is 7.24. The van der Waals surface area contributed by atoms with Crippen molar-refractivity contribution >= 4 is 31.6 Å². The normalized spacial score (nSPS) is 11.2. The fourth-order valence-corrected chi connectivity index (χ4v) is 4.49. The Morgan fingerprint density at radius 1 is 1.03 bits per heavy atom. The Bertz CT molecular complexity index is 1480. The molecule has 2 aromatic carbocycles.